The molecule has 0 fully saturated rings. The maximum Gasteiger partial charge on any atom is 0.193 e. The summed E-state index contributed by atoms with van der Waals surface area (Å²) in [5.74, 6) is -0.768. The molecule has 0 aliphatic rings. The van der Waals surface area contributed by atoms with Crippen molar-refractivity contribution >= 4 is 17.4 Å². The molecule has 0 aliphatic carbocycles. The highest BCUT2D eigenvalue weighted by atomic mass is 35.5. The lowest BCUT2D eigenvalue weighted by Crippen LogP contribution is -2.04. The second kappa shape index (κ2) is 4.91. The third kappa shape index (κ3) is 2.44. The molecular formula is C15H12ClFO. The van der Waals surface area contributed by atoms with Crippen LogP contribution in [0.1, 0.15) is 27.0 Å². The Morgan fingerprint density at radius 1 is 1.11 bits per heavy atom. The molecule has 1 nitrogen and oxygen atoms in total. The van der Waals surface area contributed by atoms with Crippen LogP contribution in [-0.2, 0) is 0 Å². The Bertz CT molecular complexity index is 620. The number of rotatable bonds is 2. The van der Waals surface area contributed by atoms with Gasteiger partial charge in [0.2, 0.25) is 0 Å². The van der Waals surface area contributed by atoms with Gasteiger partial charge in [0, 0.05) is 11.1 Å². The molecule has 0 N–H and O–H groups in total. The first-order valence-corrected chi connectivity index (χ1v) is 5.94. The average Bonchev–Trinajstić information content (AvgIpc) is 2.32. The van der Waals surface area contributed by atoms with Crippen molar-refractivity contribution in [3.8, 4) is 0 Å². The summed E-state index contributed by atoms with van der Waals surface area (Å²) in [7, 11) is 0. The molecule has 0 heterocycles. The van der Waals surface area contributed by atoms with Gasteiger partial charge in [-0.1, -0.05) is 35.4 Å². The summed E-state index contributed by atoms with van der Waals surface area (Å²) in [6.45, 7) is 3.83. The van der Waals surface area contributed by atoms with Crippen LogP contribution in [0.25, 0.3) is 0 Å². The lowest BCUT2D eigenvalue weighted by atomic mass is 9.97. The maximum absolute atomic E-state index is 13.3. The molecule has 18 heavy (non-hydrogen) atoms. The molecule has 0 radical (unpaired) electrons. The van der Waals surface area contributed by atoms with Crippen LogP contribution in [0.4, 0.5) is 4.39 Å². The molecule has 0 bridgehead atoms. The first kappa shape index (κ1) is 12.8. The number of halogens is 2. The molecule has 3 heteroatoms. The van der Waals surface area contributed by atoms with Gasteiger partial charge in [-0.25, -0.2) is 4.39 Å². The first-order valence-electron chi connectivity index (χ1n) is 5.56. The van der Waals surface area contributed by atoms with Crippen molar-refractivity contribution in [2.24, 2.45) is 0 Å². The quantitative estimate of drug-likeness (QED) is 0.737. The minimum Gasteiger partial charge on any atom is -0.289 e. The Morgan fingerprint density at radius 3 is 2.44 bits per heavy atom. The first-order chi connectivity index (χ1) is 8.49. The zero-order valence-corrected chi connectivity index (χ0v) is 10.9. The Kier molecular flexibility index (Phi) is 3.48. The second-order valence-electron chi connectivity index (χ2n) is 4.28. The number of carbonyl (C=O) groups is 1. The lowest BCUT2D eigenvalue weighted by molar-refractivity contribution is 0.103. The van der Waals surface area contributed by atoms with Crippen LogP contribution in [0.5, 0.6) is 0 Å². The number of benzene rings is 2. The van der Waals surface area contributed by atoms with Crippen LogP contribution in [0.15, 0.2) is 36.4 Å². The van der Waals surface area contributed by atoms with E-state index in [4.69, 9.17) is 11.6 Å². The summed E-state index contributed by atoms with van der Waals surface area (Å²) in [4.78, 5) is 12.2. The zero-order chi connectivity index (χ0) is 13.3. The minimum absolute atomic E-state index is 0.0205. The fourth-order valence-corrected chi connectivity index (χ4v) is 1.98. The number of hydrogen-bond donors (Lipinski definition) is 0. The molecule has 0 aromatic heterocycles. The fraction of sp³-hybridized carbons (Fsp3) is 0.133. The van der Waals surface area contributed by atoms with Gasteiger partial charge in [0.05, 0.1) is 5.02 Å². The van der Waals surface area contributed by atoms with Crippen LogP contribution in [-0.4, -0.2) is 5.78 Å². The van der Waals surface area contributed by atoms with Gasteiger partial charge in [-0.3, -0.25) is 4.79 Å². The third-order valence-electron chi connectivity index (χ3n) is 2.81. The SMILES string of the molecule is Cc1ccc(C(=O)c2ccc(Cl)c(F)c2)c(C)c1. The van der Waals surface area contributed by atoms with Crippen LogP contribution in [0.2, 0.25) is 5.02 Å². The zero-order valence-electron chi connectivity index (χ0n) is 10.1. The highest BCUT2D eigenvalue weighted by Gasteiger charge is 2.13. The highest BCUT2D eigenvalue weighted by molar-refractivity contribution is 6.30. The van der Waals surface area contributed by atoms with Crippen molar-refractivity contribution in [2.45, 2.75) is 13.8 Å². The molecule has 2 aromatic rings. The van der Waals surface area contributed by atoms with Gasteiger partial charge in [0.25, 0.3) is 0 Å². The molecule has 0 atom stereocenters. The lowest BCUT2D eigenvalue weighted by Gasteiger charge is -2.06. The van der Waals surface area contributed by atoms with E-state index in [1.165, 1.54) is 18.2 Å². The van der Waals surface area contributed by atoms with Gasteiger partial charge in [0.15, 0.2) is 5.78 Å². The molecule has 0 spiro atoms. The molecule has 0 saturated carbocycles. The van der Waals surface area contributed by atoms with Crippen LogP contribution in [0.3, 0.4) is 0 Å². The Morgan fingerprint density at radius 2 is 1.83 bits per heavy atom. The molecular weight excluding hydrogens is 251 g/mol. The van der Waals surface area contributed by atoms with Gasteiger partial charge in [-0.2, -0.15) is 0 Å². The normalized spacial score (nSPS) is 10.4. The van der Waals surface area contributed by atoms with E-state index in [1.807, 2.05) is 26.0 Å². The van der Waals surface area contributed by atoms with Gasteiger partial charge in [0.1, 0.15) is 5.82 Å². The van der Waals surface area contributed by atoms with E-state index in [0.717, 1.165) is 11.1 Å². The van der Waals surface area contributed by atoms with E-state index < -0.39 is 5.82 Å². The molecule has 2 aromatic carbocycles. The van der Waals surface area contributed by atoms with E-state index in [-0.39, 0.29) is 10.8 Å². The van der Waals surface area contributed by atoms with Crippen molar-refractivity contribution < 1.29 is 9.18 Å². The molecule has 0 amide bonds. The molecule has 0 unspecified atom stereocenters. The van der Waals surface area contributed by atoms with Gasteiger partial charge < -0.3 is 0 Å². The van der Waals surface area contributed by atoms with Crippen LogP contribution in [0, 0.1) is 19.7 Å². The highest BCUT2D eigenvalue weighted by Crippen LogP contribution is 2.20. The Hall–Kier alpha value is -1.67. The second-order valence-corrected chi connectivity index (χ2v) is 4.68. The van der Waals surface area contributed by atoms with Crippen LogP contribution < -0.4 is 0 Å². The summed E-state index contributed by atoms with van der Waals surface area (Å²) in [6.07, 6.45) is 0. The standard InChI is InChI=1S/C15H12ClFO/c1-9-3-5-12(10(2)7-9)15(18)11-4-6-13(16)14(17)8-11/h3-8H,1-2H3. The van der Waals surface area contributed by atoms with E-state index in [2.05, 4.69) is 0 Å². The molecule has 2 rings (SSSR count). The fourth-order valence-electron chi connectivity index (χ4n) is 1.86. The van der Waals surface area contributed by atoms with Crippen molar-refractivity contribution in [1.82, 2.24) is 0 Å². The van der Waals surface area contributed by atoms with Crippen molar-refractivity contribution in [3.63, 3.8) is 0 Å². The topological polar surface area (TPSA) is 17.1 Å². The van der Waals surface area contributed by atoms with Gasteiger partial charge in [-0.15, -0.1) is 0 Å². The monoisotopic (exact) mass is 262 g/mol. The maximum atomic E-state index is 13.3. The van der Waals surface area contributed by atoms with E-state index >= 15 is 0 Å². The largest absolute Gasteiger partial charge is 0.289 e. The van der Waals surface area contributed by atoms with Gasteiger partial charge in [-0.05, 0) is 37.6 Å². The average molecular weight is 263 g/mol. The van der Waals surface area contributed by atoms with Crippen molar-refractivity contribution in [3.05, 3.63) is 69.5 Å². The minimum atomic E-state index is -0.577. The van der Waals surface area contributed by atoms with E-state index in [0.29, 0.717) is 11.1 Å². The smallest absolute Gasteiger partial charge is 0.193 e. The summed E-state index contributed by atoms with van der Waals surface area (Å²) >= 11 is 5.60. The third-order valence-corrected chi connectivity index (χ3v) is 3.11. The molecule has 0 saturated heterocycles. The number of ketones is 1. The summed E-state index contributed by atoms with van der Waals surface area (Å²) in [6, 6.07) is 9.66. The number of hydrogen-bond acceptors (Lipinski definition) is 1. The van der Waals surface area contributed by atoms with E-state index in [1.54, 1.807) is 6.07 Å². The molecule has 0 aliphatic heterocycles. The summed E-state index contributed by atoms with van der Waals surface area (Å²) in [5.41, 5.74) is 2.87. The predicted molar refractivity (Wildman–Crippen MR) is 70.8 cm³/mol. The predicted octanol–water partition coefficient (Wildman–Crippen LogP) is 4.33. The van der Waals surface area contributed by atoms with Crippen molar-refractivity contribution in [1.29, 1.82) is 0 Å². The van der Waals surface area contributed by atoms with Crippen molar-refractivity contribution in [2.75, 3.05) is 0 Å². The Balaban J connectivity index is 2.44. The van der Waals surface area contributed by atoms with E-state index in [9.17, 15) is 9.18 Å². The van der Waals surface area contributed by atoms with Crippen LogP contribution >= 0.6 is 11.6 Å². The number of carbonyl (C=O) groups excluding carboxylic acids is 1. The Labute approximate surface area is 110 Å². The van der Waals surface area contributed by atoms with Gasteiger partial charge >= 0.3 is 0 Å². The summed E-state index contributed by atoms with van der Waals surface area (Å²) < 4.78 is 13.3. The number of aryl methyl sites for hydroxylation is 2. The molecule has 92 valence electrons. The summed E-state index contributed by atoms with van der Waals surface area (Å²) in [5, 5.41) is 0.0205.